The second-order valence-corrected chi connectivity index (χ2v) is 3.12. The number of hydrogen-bond acceptors (Lipinski definition) is 3. The first kappa shape index (κ1) is 9.98. The topological polar surface area (TPSA) is 69.6 Å². The number of carboxylic acids is 1. The Morgan fingerprint density at radius 3 is 2.46 bits per heavy atom. The number of hydrogen-bond donors (Lipinski definition) is 2. The van der Waals surface area contributed by atoms with E-state index in [0.29, 0.717) is 0 Å². The van der Waals surface area contributed by atoms with Gasteiger partial charge in [0.15, 0.2) is 0 Å². The van der Waals surface area contributed by atoms with E-state index in [0.717, 1.165) is 19.5 Å². The molecule has 74 valence electrons. The largest absolute Gasteiger partial charge is 0.480 e. The van der Waals surface area contributed by atoms with Crippen LogP contribution in [0.1, 0.15) is 12.8 Å². The van der Waals surface area contributed by atoms with Crippen LogP contribution < -0.4 is 5.32 Å². The summed E-state index contributed by atoms with van der Waals surface area (Å²) >= 11 is 0. The molecule has 0 spiro atoms. The highest BCUT2D eigenvalue weighted by Gasteiger charge is 2.25. The number of nitrogens with zero attached hydrogens (tertiary/aromatic N) is 1. The smallest absolute Gasteiger partial charge is 0.321 e. The Hall–Kier alpha value is -1.10. The van der Waals surface area contributed by atoms with Gasteiger partial charge in [-0.3, -0.25) is 9.59 Å². The Morgan fingerprint density at radius 1 is 1.54 bits per heavy atom. The number of rotatable bonds is 4. The highest BCUT2D eigenvalue weighted by molar-refractivity contribution is 5.84. The summed E-state index contributed by atoms with van der Waals surface area (Å²) in [6, 6.07) is -0.756. The third-order valence-electron chi connectivity index (χ3n) is 2.23. The summed E-state index contributed by atoms with van der Waals surface area (Å²) in [7, 11) is 1.54. The molecule has 1 aliphatic heterocycles. The van der Waals surface area contributed by atoms with Crippen LogP contribution in [0.5, 0.6) is 0 Å². The Balaban J connectivity index is 2.36. The molecule has 1 heterocycles. The van der Waals surface area contributed by atoms with Crippen molar-refractivity contribution in [1.29, 1.82) is 0 Å². The van der Waals surface area contributed by atoms with Crippen molar-refractivity contribution < 1.29 is 14.7 Å². The van der Waals surface area contributed by atoms with Crippen LogP contribution in [-0.4, -0.2) is 48.1 Å². The molecule has 0 aromatic rings. The Morgan fingerprint density at radius 2 is 2.15 bits per heavy atom. The van der Waals surface area contributed by atoms with E-state index in [1.807, 2.05) is 0 Å². The Kier molecular flexibility index (Phi) is 3.25. The molecular weight excluding hydrogens is 172 g/mol. The van der Waals surface area contributed by atoms with E-state index in [9.17, 15) is 9.59 Å². The van der Waals surface area contributed by atoms with Crippen LogP contribution in [0.25, 0.3) is 0 Å². The van der Waals surface area contributed by atoms with Crippen molar-refractivity contribution >= 4 is 11.9 Å². The van der Waals surface area contributed by atoms with E-state index in [4.69, 9.17) is 5.11 Å². The summed E-state index contributed by atoms with van der Waals surface area (Å²) in [4.78, 5) is 23.6. The molecule has 1 unspecified atom stereocenters. The summed E-state index contributed by atoms with van der Waals surface area (Å²) in [5.74, 6) is -1.05. The number of amides is 1. The maximum atomic E-state index is 11.3. The molecule has 0 aliphatic carbocycles. The van der Waals surface area contributed by atoms with Gasteiger partial charge in [-0.15, -0.1) is 0 Å². The molecule has 1 saturated heterocycles. The summed E-state index contributed by atoms with van der Waals surface area (Å²) < 4.78 is 0. The van der Waals surface area contributed by atoms with Gasteiger partial charge in [0.25, 0.3) is 0 Å². The average molecular weight is 186 g/mol. The fourth-order valence-corrected chi connectivity index (χ4v) is 1.18. The van der Waals surface area contributed by atoms with E-state index in [1.165, 1.54) is 0 Å². The number of likely N-dealkylation sites (N-methyl/N-ethyl adjacent to an activating group) is 1. The molecule has 0 aromatic heterocycles. The minimum absolute atomic E-state index is 0.0475. The lowest BCUT2D eigenvalue weighted by molar-refractivity contribution is -0.144. The molecule has 0 radical (unpaired) electrons. The Bertz CT molecular complexity index is 213. The molecule has 1 rings (SSSR count). The van der Waals surface area contributed by atoms with Crippen molar-refractivity contribution in [3.63, 3.8) is 0 Å². The maximum Gasteiger partial charge on any atom is 0.321 e. The molecule has 2 N–H and O–H groups in total. The zero-order valence-electron chi connectivity index (χ0n) is 7.62. The predicted octanol–water partition coefficient (Wildman–Crippen LogP) is -0.719. The van der Waals surface area contributed by atoms with Crippen LogP contribution in [0.2, 0.25) is 0 Å². The minimum atomic E-state index is -0.976. The van der Waals surface area contributed by atoms with Gasteiger partial charge in [-0.2, -0.15) is 0 Å². The van der Waals surface area contributed by atoms with Gasteiger partial charge >= 0.3 is 5.97 Å². The predicted molar refractivity (Wildman–Crippen MR) is 46.3 cm³/mol. The van der Waals surface area contributed by atoms with E-state index in [-0.39, 0.29) is 12.3 Å². The van der Waals surface area contributed by atoms with Gasteiger partial charge in [-0.25, -0.2) is 0 Å². The first-order valence-corrected chi connectivity index (χ1v) is 4.33. The van der Waals surface area contributed by atoms with Crippen molar-refractivity contribution in [2.75, 3.05) is 20.1 Å². The van der Waals surface area contributed by atoms with E-state index in [2.05, 4.69) is 5.32 Å². The highest BCUT2D eigenvalue weighted by atomic mass is 16.4. The van der Waals surface area contributed by atoms with Gasteiger partial charge in [-0.1, -0.05) is 0 Å². The highest BCUT2D eigenvalue weighted by Crippen LogP contribution is 2.08. The number of nitrogens with one attached hydrogen (secondary N) is 1. The molecule has 0 bridgehead atoms. The summed E-state index contributed by atoms with van der Waals surface area (Å²) in [6.45, 7) is 1.55. The van der Waals surface area contributed by atoms with Crippen LogP contribution in [0.4, 0.5) is 0 Å². The van der Waals surface area contributed by atoms with Gasteiger partial charge in [0.05, 0.1) is 6.42 Å². The fourth-order valence-electron chi connectivity index (χ4n) is 1.18. The number of likely N-dealkylation sites (tertiary alicyclic amines) is 1. The van der Waals surface area contributed by atoms with Gasteiger partial charge in [0.1, 0.15) is 6.04 Å². The van der Waals surface area contributed by atoms with Gasteiger partial charge in [0.2, 0.25) is 5.91 Å². The third kappa shape index (κ3) is 2.42. The summed E-state index contributed by atoms with van der Waals surface area (Å²) in [6.07, 6.45) is 1.08. The minimum Gasteiger partial charge on any atom is -0.480 e. The number of aliphatic carboxylic acids is 1. The normalized spacial score (nSPS) is 17.8. The molecule has 0 saturated carbocycles. The fraction of sp³-hybridized carbons (Fsp3) is 0.750. The molecule has 1 atom stereocenters. The second kappa shape index (κ2) is 4.23. The van der Waals surface area contributed by atoms with Crippen LogP contribution in [0.15, 0.2) is 0 Å². The molecule has 1 fully saturated rings. The quantitative estimate of drug-likeness (QED) is 0.608. The Labute approximate surface area is 76.7 Å². The molecule has 13 heavy (non-hydrogen) atoms. The van der Waals surface area contributed by atoms with Crippen molar-refractivity contribution in [3.05, 3.63) is 0 Å². The van der Waals surface area contributed by atoms with Crippen molar-refractivity contribution in [3.8, 4) is 0 Å². The standard InChI is InChI=1S/C8H14N2O3/c1-9-6(8(12)13)5-7(11)10-3-2-4-10/h6,9H,2-5H2,1H3,(H,12,13). The van der Waals surface area contributed by atoms with Gasteiger partial charge < -0.3 is 15.3 Å². The van der Waals surface area contributed by atoms with Crippen LogP contribution in [0, 0.1) is 0 Å². The molecular formula is C8H14N2O3. The van der Waals surface area contributed by atoms with E-state index >= 15 is 0 Å². The van der Waals surface area contributed by atoms with Gasteiger partial charge in [-0.05, 0) is 13.5 Å². The van der Waals surface area contributed by atoms with Crippen LogP contribution in [0.3, 0.4) is 0 Å². The second-order valence-electron chi connectivity index (χ2n) is 3.12. The molecule has 5 nitrogen and oxygen atoms in total. The van der Waals surface area contributed by atoms with Gasteiger partial charge in [0, 0.05) is 13.1 Å². The lowest BCUT2D eigenvalue weighted by Gasteiger charge is -2.31. The third-order valence-corrected chi connectivity index (χ3v) is 2.23. The molecule has 1 amide bonds. The maximum absolute atomic E-state index is 11.3. The van der Waals surface area contributed by atoms with Crippen molar-refractivity contribution in [2.24, 2.45) is 0 Å². The first-order valence-electron chi connectivity index (χ1n) is 4.33. The summed E-state index contributed by atoms with van der Waals surface area (Å²) in [5.41, 5.74) is 0. The van der Waals surface area contributed by atoms with Crippen molar-refractivity contribution in [2.45, 2.75) is 18.9 Å². The van der Waals surface area contributed by atoms with Crippen LogP contribution >= 0.6 is 0 Å². The zero-order chi connectivity index (χ0) is 9.84. The van der Waals surface area contributed by atoms with E-state index < -0.39 is 12.0 Å². The zero-order valence-corrected chi connectivity index (χ0v) is 7.62. The number of carbonyl (C=O) groups excluding carboxylic acids is 1. The number of carboxylic acid groups (broad SMARTS) is 1. The summed E-state index contributed by atoms with van der Waals surface area (Å²) in [5, 5.41) is 11.2. The monoisotopic (exact) mass is 186 g/mol. The van der Waals surface area contributed by atoms with E-state index in [1.54, 1.807) is 11.9 Å². The molecule has 5 heteroatoms. The van der Waals surface area contributed by atoms with Crippen LogP contribution in [-0.2, 0) is 9.59 Å². The first-order chi connectivity index (χ1) is 6.15. The molecule has 1 aliphatic rings. The number of carbonyl (C=O) groups is 2. The molecule has 0 aromatic carbocycles. The lowest BCUT2D eigenvalue weighted by atomic mass is 10.1. The lowest BCUT2D eigenvalue weighted by Crippen LogP contribution is -2.46. The van der Waals surface area contributed by atoms with Crippen molar-refractivity contribution in [1.82, 2.24) is 10.2 Å². The SMILES string of the molecule is CNC(CC(=O)N1CCC1)C(=O)O. The average Bonchev–Trinajstić information content (AvgIpc) is 1.96.